The number of sulfone groups is 1. The van der Waals surface area contributed by atoms with Gasteiger partial charge in [-0.15, -0.1) is 0 Å². The molecule has 0 aromatic heterocycles. The van der Waals surface area contributed by atoms with Crippen molar-refractivity contribution in [2.45, 2.75) is 19.3 Å². The van der Waals surface area contributed by atoms with Gasteiger partial charge < -0.3 is 5.11 Å². The smallest absolute Gasteiger partial charge is 0.306 e. The number of hydrogen-bond acceptors (Lipinski definition) is 3. The first-order chi connectivity index (χ1) is 5.51. The number of carboxylic acids is 1. The molecule has 70 valence electrons. The van der Waals surface area contributed by atoms with Crippen LogP contribution in [0.15, 0.2) is 0 Å². The van der Waals surface area contributed by atoms with E-state index in [1.807, 2.05) is 0 Å². The molecule has 0 bridgehead atoms. The molecule has 0 amide bonds. The van der Waals surface area contributed by atoms with Crippen LogP contribution >= 0.6 is 0 Å². The molecule has 1 atom stereocenters. The van der Waals surface area contributed by atoms with Crippen molar-refractivity contribution in [2.24, 2.45) is 5.92 Å². The van der Waals surface area contributed by atoms with Crippen LogP contribution in [0, 0.1) is 5.92 Å². The molecule has 1 aliphatic heterocycles. The highest BCUT2D eigenvalue weighted by atomic mass is 32.2. The highest BCUT2D eigenvalue weighted by Crippen LogP contribution is 2.18. The molecule has 0 aromatic carbocycles. The summed E-state index contributed by atoms with van der Waals surface area (Å²) in [7, 11) is -2.95. The van der Waals surface area contributed by atoms with Crippen molar-refractivity contribution in [3.8, 4) is 0 Å². The molecule has 1 aliphatic rings. The Labute approximate surface area is 71.5 Å². The summed E-state index contributed by atoms with van der Waals surface area (Å²) < 4.78 is 22.1. The third kappa shape index (κ3) is 2.48. The molecule has 1 N–H and O–H groups in total. The highest BCUT2D eigenvalue weighted by molar-refractivity contribution is 7.91. The van der Waals surface area contributed by atoms with Gasteiger partial charge in [-0.2, -0.15) is 0 Å². The van der Waals surface area contributed by atoms with Gasteiger partial charge in [0.25, 0.3) is 0 Å². The number of aliphatic carboxylic acids is 1. The molecule has 1 heterocycles. The molecule has 4 nitrogen and oxygen atoms in total. The van der Waals surface area contributed by atoms with E-state index in [9.17, 15) is 13.2 Å². The molecule has 0 saturated carbocycles. The zero-order valence-electron chi connectivity index (χ0n) is 6.69. The molecular weight excluding hydrogens is 180 g/mol. The molecule has 0 aliphatic carbocycles. The van der Waals surface area contributed by atoms with Crippen molar-refractivity contribution >= 4 is 15.8 Å². The van der Waals surface area contributed by atoms with Gasteiger partial charge in [0.05, 0.1) is 17.4 Å². The summed E-state index contributed by atoms with van der Waals surface area (Å²) in [5, 5.41) is 8.64. The maximum Gasteiger partial charge on any atom is 0.306 e. The Bertz CT molecular complexity index is 267. The van der Waals surface area contributed by atoms with Gasteiger partial charge in [-0.3, -0.25) is 4.79 Å². The van der Waals surface area contributed by atoms with E-state index in [2.05, 4.69) is 0 Å². The van der Waals surface area contributed by atoms with E-state index in [0.717, 1.165) is 0 Å². The fourth-order valence-electron chi connectivity index (χ4n) is 1.36. The van der Waals surface area contributed by atoms with Gasteiger partial charge >= 0.3 is 5.97 Å². The molecule has 0 unspecified atom stereocenters. The average molecular weight is 192 g/mol. The molecular formula is C7H12O4S. The van der Waals surface area contributed by atoms with Gasteiger partial charge in [0.1, 0.15) is 9.84 Å². The van der Waals surface area contributed by atoms with Crippen LogP contribution in [0.4, 0.5) is 0 Å². The highest BCUT2D eigenvalue weighted by Gasteiger charge is 2.25. The van der Waals surface area contributed by atoms with E-state index in [1.165, 1.54) is 0 Å². The maximum absolute atomic E-state index is 11.0. The number of carbonyl (C=O) groups is 1. The van der Waals surface area contributed by atoms with E-state index in [1.54, 1.807) is 0 Å². The van der Waals surface area contributed by atoms with Crippen LogP contribution in [0.5, 0.6) is 0 Å². The molecule has 0 spiro atoms. The van der Waals surface area contributed by atoms with Crippen molar-refractivity contribution in [3.05, 3.63) is 0 Å². The van der Waals surface area contributed by atoms with Crippen molar-refractivity contribution in [3.63, 3.8) is 0 Å². The lowest BCUT2D eigenvalue weighted by Crippen LogP contribution is -2.14. The van der Waals surface area contributed by atoms with Crippen LogP contribution in [-0.4, -0.2) is 31.0 Å². The minimum Gasteiger partial charge on any atom is -0.481 e. The quantitative estimate of drug-likeness (QED) is 0.648. The summed E-state index contributed by atoms with van der Waals surface area (Å²) >= 11 is 0. The maximum atomic E-state index is 11.0. The Balaban J connectivity index is 2.62. The minimum atomic E-state index is -2.95. The van der Waals surface area contributed by atoms with E-state index in [4.69, 9.17) is 5.11 Å². The Morgan fingerprint density at radius 2 is 1.92 bits per heavy atom. The molecule has 1 rings (SSSR count). The zero-order valence-corrected chi connectivity index (χ0v) is 7.51. The van der Waals surface area contributed by atoms with Crippen LogP contribution in [0.2, 0.25) is 0 Å². The first kappa shape index (κ1) is 9.51. The van der Waals surface area contributed by atoms with Gasteiger partial charge in [-0.25, -0.2) is 8.42 Å². The zero-order chi connectivity index (χ0) is 9.19. The van der Waals surface area contributed by atoms with Crippen molar-refractivity contribution in [1.82, 2.24) is 0 Å². The Morgan fingerprint density at radius 3 is 2.50 bits per heavy atom. The van der Waals surface area contributed by atoms with E-state index >= 15 is 0 Å². The first-order valence-electron chi connectivity index (χ1n) is 3.94. The van der Waals surface area contributed by atoms with Crippen LogP contribution in [0.1, 0.15) is 19.3 Å². The minimum absolute atomic E-state index is 0.0317. The third-order valence-electron chi connectivity index (χ3n) is 2.13. The van der Waals surface area contributed by atoms with Crippen LogP contribution in [0.25, 0.3) is 0 Å². The topological polar surface area (TPSA) is 71.4 Å². The van der Waals surface area contributed by atoms with E-state index in [-0.39, 0.29) is 17.9 Å². The Morgan fingerprint density at radius 1 is 1.25 bits per heavy atom. The SMILES string of the molecule is O=C(O)[C@@H]1CCCS(=O)(=O)CC1. The van der Waals surface area contributed by atoms with Gasteiger partial charge in [0.15, 0.2) is 0 Å². The second kappa shape index (κ2) is 3.43. The van der Waals surface area contributed by atoms with Crippen LogP contribution in [0.3, 0.4) is 0 Å². The largest absolute Gasteiger partial charge is 0.481 e. The van der Waals surface area contributed by atoms with Crippen molar-refractivity contribution in [2.75, 3.05) is 11.5 Å². The van der Waals surface area contributed by atoms with Crippen LogP contribution < -0.4 is 0 Å². The van der Waals surface area contributed by atoms with Crippen molar-refractivity contribution in [1.29, 1.82) is 0 Å². The van der Waals surface area contributed by atoms with E-state index in [0.29, 0.717) is 12.8 Å². The molecule has 5 heteroatoms. The second-order valence-electron chi connectivity index (χ2n) is 3.12. The molecule has 12 heavy (non-hydrogen) atoms. The monoisotopic (exact) mass is 192 g/mol. The Hall–Kier alpha value is -0.580. The van der Waals surface area contributed by atoms with Gasteiger partial charge in [0, 0.05) is 0 Å². The number of carboxylic acid groups (broad SMARTS) is 1. The summed E-state index contributed by atoms with van der Waals surface area (Å²) in [6.07, 6.45) is 1.26. The average Bonchev–Trinajstić information content (AvgIpc) is 2.10. The fourth-order valence-corrected chi connectivity index (χ4v) is 2.82. The van der Waals surface area contributed by atoms with Gasteiger partial charge in [-0.05, 0) is 19.3 Å². The molecule has 1 fully saturated rings. The lowest BCUT2D eigenvalue weighted by molar-refractivity contribution is -0.142. The number of hydrogen-bond donors (Lipinski definition) is 1. The summed E-state index contributed by atoms with van der Waals surface area (Å²) in [4.78, 5) is 10.5. The third-order valence-corrected chi connectivity index (χ3v) is 3.90. The fraction of sp³-hybridized carbons (Fsp3) is 0.857. The predicted molar refractivity (Wildman–Crippen MR) is 43.6 cm³/mol. The summed E-state index contributed by atoms with van der Waals surface area (Å²) in [5.41, 5.74) is 0. The lowest BCUT2D eigenvalue weighted by atomic mass is 10.0. The van der Waals surface area contributed by atoms with Crippen molar-refractivity contribution < 1.29 is 18.3 Å². The Kier molecular flexibility index (Phi) is 2.72. The molecule has 0 radical (unpaired) electrons. The predicted octanol–water partition coefficient (Wildman–Crippen LogP) is 0.286. The number of rotatable bonds is 1. The second-order valence-corrected chi connectivity index (χ2v) is 5.42. The standard InChI is InChI=1S/C7H12O4S/c8-7(9)6-2-1-4-12(10,11)5-3-6/h6H,1-5H2,(H,8,9)/t6-/m1/s1. The summed E-state index contributed by atoms with van der Waals surface area (Å²) in [6.45, 7) is 0. The summed E-state index contributed by atoms with van der Waals surface area (Å²) in [6, 6.07) is 0. The van der Waals surface area contributed by atoms with Crippen LogP contribution in [-0.2, 0) is 14.6 Å². The summed E-state index contributed by atoms with van der Waals surface area (Å²) in [5.74, 6) is -1.14. The van der Waals surface area contributed by atoms with Gasteiger partial charge in [0.2, 0.25) is 0 Å². The molecule has 0 aromatic rings. The lowest BCUT2D eigenvalue weighted by Gasteiger charge is -2.04. The molecule has 1 saturated heterocycles. The first-order valence-corrected chi connectivity index (χ1v) is 5.76. The van der Waals surface area contributed by atoms with E-state index < -0.39 is 21.7 Å². The van der Waals surface area contributed by atoms with Gasteiger partial charge in [-0.1, -0.05) is 0 Å². The normalized spacial score (nSPS) is 29.2.